The van der Waals surface area contributed by atoms with Crippen LogP contribution in [0.15, 0.2) is 156 Å². The average molecular weight is 721 g/mol. The topological polar surface area (TPSA) is 146 Å². The number of hydrogen-bond acceptors (Lipinski definition) is 9. The smallest absolute Gasteiger partial charge is 0.215 e. The molecule has 270 valence electrons. The third-order valence-corrected chi connectivity index (χ3v) is 9.34. The van der Waals surface area contributed by atoms with Gasteiger partial charge in [0.2, 0.25) is 17.1 Å². The summed E-state index contributed by atoms with van der Waals surface area (Å²) in [5.41, 5.74) is 5.38. The second-order valence-corrected chi connectivity index (χ2v) is 12.5. The molecule has 0 aromatic heterocycles. The Morgan fingerprint density at radius 2 is 1.15 bits per heavy atom. The number of hydrogen-bond donors (Lipinski definition) is 4. The highest BCUT2D eigenvalue weighted by Gasteiger charge is 2.34. The van der Waals surface area contributed by atoms with Crippen LogP contribution in [0.2, 0.25) is 0 Å². The number of phenols is 1. The predicted octanol–water partition coefficient (Wildman–Crippen LogP) is 6.80. The van der Waals surface area contributed by atoms with Gasteiger partial charge in [0, 0.05) is 75.8 Å². The van der Waals surface area contributed by atoms with Gasteiger partial charge >= 0.3 is 0 Å². The molecule has 5 aromatic carbocycles. The summed E-state index contributed by atoms with van der Waals surface area (Å²) < 4.78 is 12.6. The van der Waals surface area contributed by atoms with Crippen LogP contribution in [0.1, 0.15) is 16.7 Å². The fourth-order valence-electron chi connectivity index (χ4n) is 6.48. The number of carbonyl (C=O) groups excluding carboxylic acids is 1. The number of aliphatic hydroxyl groups excluding tert-OH is 3. The summed E-state index contributed by atoms with van der Waals surface area (Å²) >= 11 is 0. The Kier molecular flexibility index (Phi) is 9.87. The van der Waals surface area contributed by atoms with E-state index in [1.807, 2.05) is 82.3 Å². The van der Waals surface area contributed by atoms with E-state index in [1.165, 1.54) is 24.3 Å². The number of Topliss-reactive ketones (excluding diaryl/α,β-unsaturated/α-hetero) is 1. The number of nitrogens with zero attached hydrogens (tertiary/aromatic N) is 2. The molecular formula is C44H36N2O8. The van der Waals surface area contributed by atoms with E-state index in [1.54, 1.807) is 50.6 Å². The molecule has 2 aliphatic rings. The maximum atomic E-state index is 13.6. The van der Waals surface area contributed by atoms with Crippen LogP contribution in [-0.2, 0) is 18.0 Å². The Balaban J connectivity index is 1.24. The Labute approximate surface area is 311 Å². The molecular weight excluding hydrogens is 684 g/mol. The largest absolute Gasteiger partial charge is 0.871 e. The fourth-order valence-corrected chi connectivity index (χ4v) is 6.48. The van der Waals surface area contributed by atoms with E-state index in [0.29, 0.717) is 22.9 Å². The van der Waals surface area contributed by atoms with Crippen LogP contribution in [0.3, 0.4) is 0 Å². The molecule has 10 heteroatoms. The van der Waals surface area contributed by atoms with E-state index >= 15 is 0 Å². The van der Waals surface area contributed by atoms with Crippen LogP contribution in [0.4, 0.5) is 28.4 Å². The van der Waals surface area contributed by atoms with E-state index < -0.39 is 11.5 Å². The molecule has 0 spiro atoms. The van der Waals surface area contributed by atoms with E-state index in [9.17, 15) is 30.3 Å². The minimum atomic E-state index is -0.593. The zero-order valence-corrected chi connectivity index (χ0v) is 29.4. The zero-order chi connectivity index (χ0) is 37.9. The summed E-state index contributed by atoms with van der Waals surface area (Å²) in [6.07, 6.45) is 4.75. The first kappa shape index (κ1) is 35.5. The second-order valence-electron chi connectivity index (χ2n) is 12.5. The number of phenolic OH excluding ortho intramolecular Hbond substituents is 1. The second kappa shape index (κ2) is 15.0. The van der Waals surface area contributed by atoms with Gasteiger partial charge in [-0.15, -0.1) is 0 Å². The molecule has 0 heterocycles. The summed E-state index contributed by atoms with van der Waals surface area (Å²) in [5, 5.41) is 55.3. The number of rotatable bonds is 10. The van der Waals surface area contributed by atoms with Crippen LogP contribution in [0.25, 0.3) is 5.57 Å². The molecule has 2 aliphatic carbocycles. The highest BCUT2D eigenvalue weighted by molar-refractivity contribution is 6.40. The minimum Gasteiger partial charge on any atom is -0.871 e. The van der Waals surface area contributed by atoms with Crippen LogP contribution >= 0.6 is 0 Å². The summed E-state index contributed by atoms with van der Waals surface area (Å²) in [7, 11) is 3.17. The van der Waals surface area contributed by atoms with Gasteiger partial charge in [-0.3, -0.25) is 4.79 Å². The van der Waals surface area contributed by atoms with Crippen molar-refractivity contribution in [3.63, 3.8) is 0 Å². The van der Waals surface area contributed by atoms with Gasteiger partial charge in [-0.05, 0) is 77.9 Å². The van der Waals surface area contributed by atoms with Crippen LogP contribution < -0.4 is 24.1 Å². The van der Waals surface area contributed by atoms with Crippen molar-refractivity contribution in [3.05, 3.63) is 173 Å². The number of ketones is 1. The number of anilines is 3. The first-order valence-corrected chi connectivity index (χ1v) is 17.0. The number of methoxy groups -OCH3 is 2. The highest BCUT2D eigenvalue weighted by Crippen LogP contribution is 2.44. The normalized spacial score (nSPS) is 15.1. The van der Waals surface area contributed by atoms with Crippen molar-refractivity contribution in [2.24, 2.45) is 0 Å². The van der Waals surface area contributed by atoms with Crippen molar-refractivity contribution in [1.29, 1.82) is 0 Å². The first-order valence-electron chi connectivity index (χ1n) is 17.0. The standard InChI is InChI=1S/C44H36N2O8/c1-53-35-17-11-31(12-18-35)46(32-13-19-36(54-2)20-14-32)34-16-22-38(40(50)24-34)42-43(51)41(44(42)52)37-21-15-33(23-39(37)49)45(29-7-3-27(25-47)4-8-29)30-9-5-28(26-48)6-10-30/h3-24,47-48H,25-26H2,1-2H3,(H2,49,50,51,52). The number of benzene rings is 5. The summed E-state index contributed by atoms with van der Waals surface area (Å²) in [5.74, 6) is -0.366. The molecule has 0 bridgehead atoms. The third kappa shape index (κ3) is 6.63. The van der Waals surface area contributed by atoms with Gasteiger partial charge < -0.3 is 39.9 Å². The quantitative estimate of drug-likeness (QED) is 0.0904. The van der Waals surface area contributed by atoms with Gasteiger partial charge in [0.1, 0.15) is 23.0 Å². The molecule has 0 fully saturated rings. The summed E-state index contributed by atoms with van der Waals surface area (Å²) in [4.78, 5) is 15.5. The van der Waals surface area contributed by atoms with Gasteiger partial charge in [-0.25, -0.2) is 0 Å². The molecule has 0 saturated carbocycles. The van der Waals surface area contributed by atoms with Crippen LogP contribution in [0, 0.1) is 0 Å². The van der Waals surface area contributed by atoms with Gasteiger partial charge in [0.25, 0.3) is 0 Å². The van der Waals surface area contributed by atoms with Crippen molar-refractivity contribution in [2.75, 3.05) is 19.1 Å². The van der Waals surface area contributed by atoms with Crippen molar-refractivity contribution in [3.8, 4) is 17.2 Å². The number of aliphatic hydroxyl groups is 3. The molecule has 0 atom stereocenters. The molecule has 0 saturated heterocycles. The number of aromatic hydroxyl groups is 1. The Bertz CT molecular complexity index is 2290. The van der Waals surface area contributed by atoms with Gasteiger partial charge in [0.15, 0.2) is 5.78 Å². The molecule has 0 unspecified atom stereocenters. The Hall–Kier alpha value is -6.88. The molecule has 4 N–H and O–H groups in total. The number of ether oxygens (including phenoxy) is 2. The molecule has 7 rings (SSSR count). The predicted molar refractivity (Wildman–Crippen MR) is 206 cm³/mol. The fraction of sp³-hybridized carbons (Fsp3) is 0.0909. The number of allylic oxidation sites excluding steroid dienone is 5. The van der Waals surface area contributed by atoms with Gasteiger partial charge in [-0.2, -0.15) is 4.58 Å². The van der Waals surface area contributed by atoms with Gasteiger partial charge in [0.05, 0.1) is 33.5 Å². The Morgan fingerprint density at radius 1 is 0.648 bits per heavy atom. The molecule has 5 aromatic rings. The molecule has 0 amide bonds. The lowest BCUT2D eigenvalue weighted by molar-refractivity contribution is -0.297. The lowest BCUT2D eigenvalue weighted by Gasteiger charge is -2.33. The molecule has 54 heavy (non-hydrogen) atoms. The monoisotopic (exact) mass is 720 g/mol. The zero-order valence-electron chi connectivity index (χ0n) is 29.4. The number of carbonyl (C=O) groups is 1. The van der Waals surface area contributed by atoms with E-state index in [2.05, 4.69) is 0 Å². The molecule has 10 nitrogen and oxygen atoms in total. The van der Waals surface area contributed by atoms with Crippen LogP contribution in [0.5, 0.6) is 17.2 Å². The first-order chi connectivity index (χ1) is 26.2. The van der Waals surface area contributed by atoms with Crippen LogP contribution in [-0.4, -0.2) is 46.1 Å². The van der Waals surface area contributed by atoms with Crippen molar-refractivity contribution in [1.82, 2.24) is 4.58 Å². The third-order valence-electron chi connectivity index (χ3n) is 9.34. The average Bonchev–Trinajstić information content (AvgIpc) is 3.21. The maximum absolute atomic E-state index is 13.6. The summed E-state index contributed by atoms with van der Waals surface area (Å²) in [6, 6.07) is 33.9. The van der Waals surface area contributed by atoms with Crippen molar-refractivity contribution in [2.45, 2.75) is 13.2 Å². The molecule has 0 radical (unpaired) electrons. The lowest BCUT2D eigenvalue weighted by Crippen LogP contribution is -2.31. The summed E-state index contributed by atoms with van der Waals surface area (Å²) in [6.45, 7) is -0.233. The van der Waals surface area contributed by atoms with Crippen molar-refractivity contribution < 1.29 is 39.8 Å². The van der Waals surface area contributed by atoms with Gasteiger partial charge in [-0.1, -0.05) is 30.0 Å². The minimum absolute atomic E-state index is 0.0741. The van der Waals surface area contributed by atoms with E-state index in [-0.39, 0.29) is 47.0 Å². The van der Waals surface area contributed by atoms with E-state index in [0.717, 1.165) is 33.9 Å². The molecule has 0 aliphatic heterocycles. The SMILES string of the molecule is COc1ccc([N+](=C2C=CC(=C3C(=O)C(c4ccc(N(c5ccc(CO)cc5)c5ccc(CO)cc5)cc4O)=C3[O-])C(O)=C2)c2ccc(OC)cc2)cc1. The Morgan fingerprint density at radius 3 is 1.57 bits per heavy atom. The lowest BCUT2D eigenvalue weighted by atomic mass is 9.79. The maximum Gasteiger partial charge on any atom is 0.215 e. The highest BCUT2D eigenvalue weighted by atomic mass is 16.5. The van der Waals surface area contributed by atoms with E-state index in [4.69, 9.17) is 9.47 Å². The van der Waals surface area contributed by atoms with Crippen molar-refractivity contribution >= 4 is 45.5 Å².